The molecule has 10 heteroatoms. The summed E-state index contributed by atoms with van der Waals surface area (Å²) in [6.07, 6.45) is 1.17. The van der Waals surface area contributed by atoms with E-state index in [4.69, 9.17) is 16.0 Å². The zero-order valence-electron chi connectivity index (χ0n) is 14.9. The van der Waals surface area contributed by atoms with Crippen LogP contribution in [0.3, 0.4) is 0 Å². The van der Waals surface area contributed by atoms with E-state index in [0.29, 0.717) is 16.5 Å². The predicted octanol–water partition coefficient (Wildman–Crippen LogP) is 3.52. The molecule has 1 aliphatic heterocycles. The van der Waals surface area contributed by atoms with Crippen molar-refractivity contribution in [1.82, 2.24) is 4.31 Å². The van der Waals surface area contributed by atoms with Crippen molar-refractivity contribution in [1.29, 1.82) is 0 Å². The number of thiophene rings is 1. The number of halogens is 1. The minimum absolute atomic E-state index is 0.0919. The second-order valence-electron chi connectivity index (χ2n) is 6.33. The number of benzene rings is 1. The highest BCUT2D eigenvalue weighted by molar-refractivity contribution is 7.91. The molecule has 1 unspecified atom stereocenters. The van der Waals surface area contributed by atoms with Crippen molar-refractivity contribution >= 4 is 50.5 Å². The summed E-state index contributed by atoms with van der Waals surface area (Å²) < 4.78 is 32.9. The zero-order chi connectivity index (χ0) is 20.6. The monoisotopic (exact) mass is 450 g/mol. The van der Waals surface area contributed by atoms with Gasteiger partial charge in [-0.05, 0) is 47.8 Å². The summed E-state index contributed by atoms with van der Waals surface area (Å²) in [6, 6.07) is 11.4. The van der Waals surface area contributed by atoms with Gasteiger partial charge in [-0.25, -0.2) is 13.3 Å². The molecule has 29 heavy (non-hydrogen) atoms. The summed E-state index contributed by atoms with van der Waals surface area (Å²) in [4.78, 5) is 26.8. The number of sulfonamides is 1. The van der Waals surface area contributed by atoms with Crippen molar-refractivity contribution < 1.29 is 22.4 Å². The van der Waals surface area contributed by atoms with Crippen LogP contribution in [0.2, 0.25) is 5.02 Å². The van der Waals surface area contributed by atoms with Crippen molar-refractivity contribution in [3.05, 3.63) is 71.0 Å². The lowest BCUT2D eigenvalue weighted by molar-refractivity contribution is -0.122. The first-order valence-electron chi connectivity index (χ1n) is 8.58. The standard InChI is InChI=1S/C19H15ClN2O5S2/c20-13-5-7-14(8-6-13)22-17(23)11-16(19(22)24)21(12-15-3-1-9-27-15)29(25,26)18-4-2-10-28-18/h1-10,16H,11-12H2. The summed E-state index contributed by atoms with van der Waals surface area (Å²) in [5.41, 5.74) is 0.346. The smallest absolute Gasteiger partial charge is 0.253 e. The van der Waals surface area contributed by atoms with Gasteiger partial charge in [0.05, 0.1) is 24.9 Å². The minimum atomic E-state index is -4.01. The van der Waals surface area contributed by atoms with Gasteiger partial charge in [-0.2, -0.15) is 4.31 Å². The molecule has 0 bridgehead atoms. The molecule has 0 radical (unpaired) electrons. The maximum Gasteiger partial charge on any atom is 0.253 e. The number of furan rings is 1. The van der Waals surface area contributed by atoms with Gasteiger partial charge in [0.1, 0.15) is 16.0 Å². The van der Waals surface area contributed by atoms with Gasteiger partial charge in [0.25, 0.3) is 15.9 Å². The minimum Gasteiger partial charge on any atom is -0.468 e. The number of amides is 2. The molecule has 2 aromatic heterocycles. The molecule has 1 saturated heterocycles. The first-order chi connectivity index (χ1) is 13.9. The van der Waals surface area contributed by atoms with E-state index >= 15 is 0 Å². The van der Waals surface area contributed by atoms with Crippen LogP contribution >= 0.6 is 22.9 Å². The largest absolute Gasteiger partial charge is 0.468 e. The van der Waals surface area contributed by atoms with Crippen LogP contribution in [0.5, 0.6) is 0 Å². The SMILES string of the molecule is O=C1CC(N(Cc2ccco2)S(=O)(=O)c2cccs2)C(=O)N1c1ccc(Cl)cc1. The van der Waals surface area contributed by atoms with E-state index in [9.17, 15) is 18.0 Å². The number of anilines is 1. The second-order valence-corrected chi connectivity index (χ2v) is 9.83. The molecule has 3 aromatic rings. The Balaban J connectivity index is 1.72. The lowest BCUT2D eigenvalue weighted by atomic mass is 10.2. The summed E-state index contributed by atoms with van der Waals surface area (Å²) in [6.45, 7) is -0.161. The molecule has 3 heterocycles. The van der Waals surface area contributed by atoms with Crippen LogP contribution in [0.4, 0.5) is 5.69 Å². The van der Waals surface area contributed by atoms with Crippen molar-refractivity contribution in [3.63, 3.8) is 0 Å². The fraction of sp³-hybridized carbons (Fsp3) is 0.158. The normalized spacial score (nSPS) is 17.4. The molecule has 1 atom stereocenters. The average Bonchev–Trinajstić information content (AvgIpc) is 3.43. The summed E-state index contributed by atoms with van der Waals surface area (Å²) >= 11 is 6.93. The Labute approximate surface area is 176 Å². The van der Waals surface area contributed by atoms with Gasteiger partial charge < -0.3 is 4.42 Å². The van der Waals surface area contributed by atoms with Gasteiger partial charge in [-0.3, -0.25) is 9.59 Å². The van der Waals surface area contributed by atoms with Crippen LogP contribution in [0.25, 0.3) is 0 Å². The van der Waals surface area contributed by atoms with Crippen LogP contribution in [0.1, 0.15) is 12.2 Å². The third-order valence-electron chi connectivity index (χ3n) is 4.51. The number of carbonyl (C=O) groups is 2. The molecule has 0 saturated carbocycles. The molecular weight excluding hydrogens is 436 g/mol. The Morgan fingerprint density at radius 1 is 1.14 bits per heavy atom. The van der Waals surface area contributed by atoms with Crippen molar-refractivity contribution in [2.75, 3.05) is 4.90 Å². The van der Waals surface area contributed by atoms with E-state index in [1.807, 2.05) is 0 Å². The first-order valence-corrected chi connectivity index (χ1v) is 11.3. The number of rotatable bonds is 6. The lowest BCUT2D eigenvalue weighted by Crippen LogP contribution is -2.44. The fourth-order valence-corrected chi connectivity index (χ4v) is 5.94. The van der Waals surface area contributed by atoms with Crippen molar-refractivity contribution in [2.45, 2.75) is 23.2 Å². The highest BCUT2D eigenvalue weighted by Gasteiger charge is 2.47. The van der Waals surface area contributed by atoms with Gasteiger partial charge >= 0.3 is 0 Å². The summed E-state index contributed by atoms with van der Waals surface area (Å²) in [5.74, 6) is -0.715. The average molecular weight is 451 g/mol. The van der Waals surface area contributed by atoms with E-state index in [0.717, 1.165) is 20.5 Å². The Hall–Kier alpha value is -2.46. The molecule has 4 rings (SSSR count). The van der Waals surface area contributed by atoms with E-state index in [2.05, 4.69) is 0 Å². The Morgan fingerprint density at radius 2 is 1.90 bits per heavy atom. The highest BCUT2D eigenvalue weighted by atomic mass is 35.5. The molecule has 7 nitrogen and oxygen atoms in total. The molecule has 0 spiro atoms. The molecule has 1 aliphatic rings. The Kier molecular flexibility index (Phi) is 5.30. The topological polar surface area (TPSA) is 87.9 Å². The Bertz CT molecular complexity index is 1130. The second kappa shape index (κ2) is 7.75. The first kappa shape index (κ1) is 19.8. The molecule has 1 aromatic carbocycles. The quantitative estimate of drug-likeness (QED) is 0.536. The molecule has 2 amide bonds. The van der Waals surface area contributed by atoms with Crippen LogP contribution in [0, 0.1) is 0 Å². The number of nitrogens with zero attached hydrogens (tertiary/aromatic N) is 2. The van der Waals surface area contributed by atoms with Gasteiger partial charge in [-0.15, -0.1) is 11.3 Å². The van der Waals surface area contributed by atoms with E-state index in [-0.39, 0.29) is 17.2 Å². The number of carbonyl (C=O) groups excluding carboxylic acids is 2. The molecule has 1 fully saturated rings. The molecular formula is C19H15ClN2O5S2. The third-order valence-corrected chi connectivity index (χ3v) is 7.98. The maximum absolute atomic E-state index is 13.2. The van der Waals surface area contributed by atoms with Crippen LogP contribution in [-0.4, -0.2) is 30.6 Å². The molecule has 0 aliphatic carbocycles. The summed E-state index contributed by atoms with van der Waals surface area (Å²) in [5, 5.41) is 2.10. The third kappa shape index (κ3) is 3.74. The van der Waals surface area contributed by atoms with Crippen LogP contribution < -0.4 is 4.90 Å². The van der Waals surface area contributed by atoms with Gasteiger partial charge in [0, 0.05) is 5.02 Å². The van der Waals surface area contributed by atoms with Crippen molar-refractivity contribution in [2.24, 2.45) is 0 Å². The maximum atomic E-state index is 13.2. The van der Waals surface area contributed by atoms with Gasteiger partial charge in [0.15, 0.2) is 0 Å². The number of imide groups is 1. The molecule has 150 valence electrons. The zero-order valence-corrected chi connectivity index (χ0v) is 17.3. The van der Waals surface area contributed by atoms with E-state index in [1.165, 1.54) is 12.3 Å². The van der Waals surface area contributed by atoms with E-state index < -0.39 is 27.9 Å². The summed E-state index contributed by atoms with van der Waals surface area (Å²) in [7, 11) is -4.01. The molecule has 0 N–H and O–H groups in total. The van der Waals surface area contributed by atoms with Crippen molar-refractivity contribution in [3.8, 4) is 0 Å². The highest BCUT2D eigenvalue weighted by Crippen LogP contribution is 2.32. The predicted molar refractivity (Wildman–Crippen MR) is 108 cm³/mol. The van der Waals surface area contributed by atoms with Gasteiger partial charge in [-0.1, -0.05) is 17.7 Å². The van der Waals surface area contributed by atoms with Crippen LogP contribution in [0.15, 0.2) is 68.8 Å². The fourth-order valence-electron chi connectivity index (χ4n) is 3.15. The lowest BCUT2D eigenvalue weighted by Gasteiger charge is -2.25. The number of hydrogen-bond donors (Lipinski definition) is 0. The van der Waals surface area contributed by atoms with E-state index in [1.54, 1.807) is 47.8 Å². The number of hydrogen-bond acceptors (Lipinski definition) is 6. The van der Waals surface area contributed by atoms with Crippen LogP contribution in [-0.2, 0) is 26.2 Å². The Morgan fingerprint density at radius 3 is 2.52 bits per heavy atom. The van der Waals surface area contributed by atoms with Gasteiger partial charge in [0.2, 0.25) is 5.91 Å².